The van der Waals surface area contributed by atoms with Gasteiger partial charge in [-0.2, -0.15) is 5.26 Å². The number of rotatable bonds is 5. The average Bonchev–Trinajstić information content (AvgIpc) is 2.36. The summed E-state index contributed by atoms with van der Waals surface area (Å²) in [5, 5.41) is 9.18. The molecule has 0 aliphatic carbocycles. The predicted molar refractivity (Wildman–Crippen MR) is 61.8 cm³/mol. The van der Waals surface area contributed by atoms with E-state index in [9.17, 15) is 5.26 Å². The van der Waals surface area contributed by atoms with Gasteiger partial charge < -0.3 is 9.47 Å². The maximum absolute atomic E-state index is 9.18. The number of methoxy groups -OCH3 is 2. The molecule has 0 N–H and O–H groups in total. The first kappa shape index (κ1) is 12.7. The second-order valence-corrected chi connectivity index (χ2v) is 3.69. The molecule has 0 amide bonds. The summed E-state index contributed by atoms with van der Waals surface area (Å²) in [5.41, 5.74) is 1.12. The van der Waals surface area contributed by atoms with Crippen molar-refractivity contribution in [2.45, 2.75) is 19.1 Å². The normalized spacial score (nSPS) is 14.4. The highest BCUT2D eigenvalue weighted by Crippen LogP contribution is 2.27. The fourth-order valence-electron chi connectivity index (χ4n) is 1.76. The molecule has 0 aliphatic rings. The summed E-state index contributed by atoms with van der Waals surface area (Å²) in [6.07, 6.45) is -0.486. The third kappa shape index (κ3) is 2.82. The molecule has 0 fully saturated rings. The first-order valence-electron chi connectivity index (χ1n) is 5.24. The molecule has 2 atom stereocenters. The zero-order valence-electron chi connectivity index (χ0n) is 9.88. The molecule has 3 heteroatoms. The van der Waals surface area contributed by atoms with Crippen molar-refractivity contribution < 1.29 is 9.47 Å². The molecule has 0 aliphatic heterocycles. The number of ether oxygens (including phenoxy) is 2. The molecule has 0 aromatic heterocycles. The topological polar surface area (TPSA) is 42.2 Å². The summed E-state index contributed by atoms with van der Waals surface area (Å²) >= 11 is 0. The minimum Gasteiger partial charge on any atom is -0.354 e. The Bertz CT molecular complexity index is 341. The first-order valence-corrected chi connectivity index (χ1v) is 5.24. The quantitative estimate of drug-likeness (QED) is 0.715. The number of benzene rings is 1. The van der Waals surface area contributed by atoms with Crippen molar-refractivity contribution in [2.75, 3.05) is 14.2 Å². The Morgan fingerprint density at radius 3 is 2.12 bits per heavy atom. The van der Waals surface area contributed by atoms with Gasteiger partial charge in [-0.15, -0.1) is 0 Å². The van der Waals surface area contributed by atoms with E-state index in [2.05, 4.69) is 6.07 Å². The lowest BCUT2D eigenvalue weighted by Gasteiger charge is -2.24. The molecular weight excluding hydrogens is 202 g/mol. The highest BCUT2D eigenvalue weighted by atomic mass is 16.7. The van der Waals surface area contributed by atoms with Crippen molar-refractivity contribution in [2.24, 2.45) is 5.92 Å². The van der Waals surface area contributed by atoms with E-state index in [4.69, 9.17) is 9.47 Å². The van der Waals surface area contributed by atoms with E-state index in [0.717, 1.165) is 5.56 Å². The molecule has 86 valence electrons. The molecule has 0 heterocycles. The molecule has 2 unspecified atom stereocenters. The summed E-state index contributed by atoms with van der Waals surface area (Å²) < 4.78 is 10.3. The minimum absolute atomic E-state index is 0.0797. The van der Waals surface area contributed by atoms with Gasteiger partial charge in [0.2, 0.25) is 0 Å². The Balaban J connectivity index is 2.86. The maximum Gasteiger partial charge on any atom is 0.173 e. The smallest absolute Gasteiger partial charge is 0.173 e. The molecule has 0 spiro atoms. The third-order valence-corrected chi connectivity index (χ3v) is 2.77. The molecule has 0 radical (unpaired) electrons. The largest absolute Gasteiger partial charge is 0.354 e. The van der Waals surface area contributed by atoms with Gasteiger partial charge in [-0.05, 0) is 5.56 Å². The van der Waals surface area contributed by atoms with E-state index >= 15 is 0 Å². The zero-order valence-corrected chi connectivity index (χ0v) is 9.88. The Kier molecular flexibility index (Phi) is 4.97. The van der Waals surface area contributed by atoms with E-state index in [1.165, 1.54) is 0 Å². The fourth-order valence-corrected chi connectivity index (χ4v) is 1.76. The highest BCUT2D eigenvalue weighted by Gasteiger charge is 2.27. The van der Waals surface area contributed by atoms with Crippen LogP contribution in [0.25, 0.3) is 0 Å². The van der Waals surface area contributed by atoms with Gasteiger partial charge in [0.1, 0.15) is 5.92 Å². The second-order valence-electron chi connectivity index (χ2n) is 3.69. The van der Waals surface area contributed by atoms with Crippen molar-refractivity contribution >= 4 is 0 Å². The van der Waals surface area contributed by atoms with Crippen LogP contribution in [0.3, 0.4) is 0 Å². The van der Waals surface area contributed by atoms with Gasteiger partial charge in [0.05, 0.1) is 6.07 Å². The monoisotopic (exact) mass is 219 g/mol. The summed E-state index contributed by atoms with van der Waals surface area (Å²) in [4.78, 5) is 0. The van der Waals surface area contributed by atoms with Crippen molar-refractivity contribution in [3.63, 3.8) is 0 Å². The molecule has 0 saturated heterocycles. The molecule has 0 bridgehead atoms. The van der Waals surface area contributed by atoms with Gasteiger partial charge in [-0.1, -0.05) is 37.3 Å². The van der Waals surface area contributed by atoms with Crippen molar-refractivity contribution in [1.82, 2.24) is 0 Å². The van der Waals surface area contributed by atoms with Crippen LogP contribution in [0.2, 0.25) is 0 Å². The van der Waals surface area contributed by atoms with Gasteiger partial charge in [0.25, 0.3) is 0 Å². The lowest BCUT2D eigenvalue weighted by Crippen LogP contribution is -2.27. The van der Waals surface area contributed by atoms with E-state index < -0.39 is 6.29 Å². The number of hydrogen-bond acceptors (Lipinski definition) is 3. The maximum atomic E-state index is 9.18. The van der Waals surface area contributed by atoms with E-state index in [0.29, 0.717) is 0 Å². The van der Waals surface area contributed by atoms with Crippen LogP contribution >= 0.6 is 0 Å². The number of nitrogens with zero attached hydrogens (tertiary/aromatic N) is 1. The van der Waals surface area contributed by atoms with Gasteiger partial charge in [0.15, 0.2) is 6.29 Å². The van der Waals surface area contributed by atoms with Gasteiger partial charge in [-0.25, -0.2) is 0 Å². The SMILES string of the molecule is COC(OC)C(C#N)C(C)c1ccccc1. The summed E-state index contributed by atoms with van der Waals surface area (Å²) in [6.45, 7) is 2.01. The summed E-state index contributed by atoms with van der Waals surface area (Å²) in [7, 11) is 3.10. The average molecular weight is 219 g/mol. The van der Waals surface area contributed by atoms with Crippen LogP contribution in [0.5, 0.6) is 0 Å². The Labute approximate surface area is 96.6 Å². The number of nitriles is 1. The molecule has 1 aromatic rings. The fraction of sp³-hybridized carbons (Fsp3) is 0.462. The molecule has 0 saturated carbocycles. The molecular formula is C13H17NO2. The zero-order chi connectivity index (χ0) is 12.0. The van der Waals surface area contributed by atoms with E-state index in [1.807, 2.05) is 37.3 Å². The van der Waals surface area contributed by atoms with Gasteiger partial charge in [0, 0.05) is 20.1 Å². The number of hydrogen-bond donors (Lipinski definition) is 0. The first-order chi connectivity index (χ1) is 7.74. The highest BCUT2D eigenvalue weighted by molar-refractivity contribution is 5.21. The standard InChI is InChI=1S/C13H17NO2/c1-10(11-7-5-4-6-8-11)12(9-14)13(15-2)16-3/h4-8,10,12-13H,1-3H3. The Morgan fingerprint density at radius 1 is 1.12 bits per heavy atom. The van der Waals surface area contributed by atoms with Crippen LogP contribution in [0.15, 0.2) is 30.3 Å². The van der Waals surface area contributed by atoms with Crippen LogP contribution < -0.4 is 0 Å². The van der Waals surface area contributed by atoms with Crippen LogP contribution in [-0.4, -0.2) is 20.5 Å². The van der Waals surface area contributed by atoms with Gasteiger partial charge >= 0.3 is 0 Å². The van der Waals surface area contributed by atoms with E-state index in [-0.39, 0.29) is 11.8 Å². The van der Waals surface area contributed by atoms with Crippen molar-refractivity contribution in [3.8, 4) is 6.07 Å². The van der Waals surface area contributed by atoms with Crippen LogP contribution in [0.4, 0.5) is 0 Å². The lowest BCUT2D eigenvalue weighted by molar-refractivity contribution is -0.128. The van der Waals surface area contributed by atoms with Crippen molar-refractivity contribution in [1.29, 1.82) is 5.26 Å². The predicted octanol–water partition coefficient (Wildman–Crippen LogP) is 2.55. The molecule has 1 rings (SSSR count). The van der Waals surface area contributed by atoms with E-state index in [1.54, 1.807) is 14.2 Å². The second kappa shape index (κ2) is 6.26. The van der Waals surface area contributed by atoms with Crippen molar-refractivity contribution in [3.05, 3.63) is 35.9 Å². The Hall–Kier alpha value is -1.37. The summed E-state index contributed by atoms with van der Waals surface area (Å²) in [5.74, 6) is -0.228. The molecule has 16 heavy (non-hydrogen) atoms. The molecule has 1 aromatic carbocycles. The lowest BCUT2D eigenvalue weighted by atomic mass is 9.88. The van der Waals surface area contributed by atoms with Crippen LogP contribution in [0.1, 0.15) is 18.4 Å². The van der Waals surface area contributed by atoms with Crippen LogP contribution in [0, 0.1) is 17.2 Å². The molecule has 3 nitrogen and oxygen atoms in total. The Morgan fingerprint density at radius 2 is 1.69 bits per heavy atom. The third-order valence-electron chi connectivity index (χ3n) is 2.77. The van der Waals surface area contributed by atoms with Gasteiger partial charge in [-0.3, -0.25) is 0 Å². The summed E-state index contributed by atoms with van der Waals surface area (Å²) in [6, 6.07) is 12.2. The van der Waals surface area contributed by atoms with Crippen LogP contribution in [-0.2, 0) is 9.47 Å². The minimum atomic E-state index is -0.486.